The average Bonchev–Trinajstić information content (AvgIpc) is 2.61. The fourth-order valence-electron chi connectivity index (χ4n) is 2.99. The van der Waals surface area contributed by atoms with Crippen LogP contribution in [0.15, 0.2) is 48.5 Å². The first-order valence-electron chi connectivity index (χ1n) is 8.70. The van der Waals surface area contributed by atoms with Gasteiger partial charge in [-0.1, -0.05) is 47.5 Å². The Morgan fingerprint density at radius 2 is 1.64 bits per heavy atom. The van der Waals surface area contributed by atoms with Crippen molar-refractivity contribution in [1.82, 2.24) is 4.90 Å². The fraction of sp³-hybridized carbons (Fsp3) is 0.381. The molecule has 0 aliphatic carbocycles. The zero-order valence-electron chi connectivity index (χ0n) is 15.1. The van der Waals surface area contributed by atoms with E-state index in [1.165, 1.54) is 11.1 Å². The Hall–Kier alpha value is -2.33. The summed E-state index contributed by atoms with van der Waals surface area (Å²) in [6, 6.07) is 16.0. The molecule has 0 spiro atoms. The number of carbonyl (C=O) groups excluding carboxylic acids is 1. The number of benzene rings is 2. The van der Waals surface area contributed by atoms with Crippen LogP contribution in [0.25, 0.3) is 0 Å². The SMILES string of the molecule is Cc1ccc(OCC(=O)N2CC(C)OC(c3ccc(C)cc3)C2)cc1. The number of hydrogen-bond donors (Lipinski definition) is 0. The second-order valence-corrected chi connectivity index (χ2v) is 6.75. The molecular formula is C21H25NO3. The Morgan fingerprint density at radius 3 is 2.28 bits per heavy atom. The molecule has 2 unspecified atom stereocenters. The van der Waals surface area contributed by atoms with Gasteiger partial charge in [0.1, 0.15) is 11.9 Å². The molecule has 25 heavy (non-hydrogen) atoms. The zero-order valence-corrected chi connectivity index (χ0v) is 15.1. The Labute approximate surface area is 149 Å². The van der Waals surface area contributed by atoms with Crippen molar-refractivity contribution in [2.75, 3.05) is 19.7 Å². The lowest BCUT2D eigenvalue weighted by atomic mass is 10.0. The summed E-state index contributed by atoms with van der Waals surface area (Å²) in [5, 5.41) is 0. The van der Waals surface area contributed by atoms with Gasteiger partial charge in [-0.25, -0.2) is 0 Å². The van der Waals surface area contributed by atoms with Crippen LogP contribution in [-0.4, -0.2) is 36.6 Å². The highest BCUT2D eigenvalue weighted by Crippen LogP contribution is 2.25. The van der Waals surface area contributed by atoms with E-state index in [4.69, 9.17) is 9.47 Å². The number of rotatable bonds is 4. The van der Waals surface area contributed by atoms with Gasteiger partial charge in [-0.3, -0.25) is 4.79 Å². The van der Waals surface area contributed by atoms with E-state index in [0.717, 1.165) is 11.3 Å². The smallest absolute Gasteiger partial charge is 0.260 e. The van der Waals surface area contributed by atoms with Crippen LogP contribution in [0.1, 0.15) is 29.7 Å². The maximum absolute atomic E-state index is 12.6. The molecule has 4 nitrogen and oxygen atoms in total. The average molecular weight is 339 g/mol. The molecule has 1 aliphatic heterocycles. The third-order valence-corrected chi connectivity index (χ3v) is 4.45. The lowest BCUT2D eigenvalue weighted by Crippen LogP contribution is -2.47. The summed E-state index contributed by atoms with van der Waals surface area (Å²) in [7, 11) is 0. The molecule has 2 atom stereocenters. The van der Waals surface area contributed by atoms with Crippen LogP contribution in [0.4, 0.5) is 0 Å². The highest BCUT2D eigenvalue weighted by Gasteiger charge is 2.29. The minimum Gasteiger partial charge on any atom is -0.484 e. The van der Waals surface area contributed by atoms with Gasteiger partial charge in [-0.15, -0.1) is 0 Å². The molecule has 3 rings (SSSR count). The molecule has 1 fully saturated rings. The van der Waals surface area contributed by atoms with Gasteiger partial charge in [-0.2, -0.15) is 0 Å². The fourth-order valence-corrected chi connectivity index (χ4v) is 2.99. The highest BCUT2D eigenvalue weighted by atomic mass is 16.5. The van der Waals surface area contributed by atoms with E-state index < -0.39 is 0 Å². The molecule has 0 saturated carbocycles. The summed E-state index contributed by atoms with van der Waals surface area (Å²) in [5.41, 5.74) is 3.49. The summed E-state index contributed by atoms with van der Waals surface area (Å²) in [4.78, 5) is 14.4. The minimum atomic E-state index is -0.0901. The molecule has 0 bridgehead atoms. The van der Waals surface area contributed by atoms with Crippen molar-refractivity contribution < 1.29 is 14.3 Å². The van der Waals surface area contributed by atoms with Crippen LogP contribution in [0, 0.1) is 13.8 Å². The molecule has 1 aliphatic rings. The molecule has 0 N–H and O–H groups in total. The third kappa shape index (κ3) is 4.60. The molecule has 132 valence electrons. The van der Waals surface area contributed by atoms with Gasteiger partial charge >= 0.3 is 0 Å². The van der Waals surface area contributed by atoms with Crippen LogP contribution < -0.4 is 4.74 Å². The first-order chi connectivity index (χ1) is 12.0. The van der Waals surface area contributed by atoms with Crippen molar-refractivity contribution in [3.8, 4) is 5.75 Å². The topological polar surface area (TPSA) is 38.8 Å². The molecule has 1 heterocycles. The normalized spacial score (nSPS) is 20.4. The number of aryl methyl sites for hydroxylation is 2. The lowest BCUT2D eigenvalue weighted by Gasteiger charge is -2.37. The zero-order chi connectivity index (χ0) is 17.8. The third-order valence-electron chi connectivity index (χ3n) is 4.45. The predicted octanol–water partition coefficient (Wildman–Crippen LogP) is 3.67. The highest BCUT2D eigenvalue weighted by molar-refractivity contribution is 5.78. The van der Waals surface area contributed by atoms with Gasteiger partial charge in [0.25, 0.3) is 5.91 Å². The number of hydrogen-bond acceptors (Lipinski definition) is 3. The van der Waals surface area contributed by atoms with Crippen molar-refractivity contribution in [3.63, 3.8) is 0 Å². The first-order valence-corrected chi connectivity index (χ1v) is 8.70. The predicted molar refractivity (Wildman–Crippen MR) is 97.7 cm³/mol. The van der Waals surface area contributed by atoms with Crippen LogP contribution in [0.2, 0.25) is 0 Å². The first kappa shape index (κ1) is 17.5. The van der Waals surface area contributed by atoms with E-state index in [2.05, 4.69) is 31.2 Å². The number of ether oxygens (including phenoxy) is 2. The van der Waals surface area contributed by atoms with E-state index in [9.17, 15) is 4.79 Å². The van der Waals surface area contributed by atoms with Gasteiger partial charge in [-0.05, 0) is 38.5 Å². The van der Waals surface area contributed by atoms with Gasteiger partial charge in [0.05, 0.1) is 12.6 Å². The number of nitrogens with zero attached hydrogens (tertiary/aromatic N) is 1. The lowest BCUT2D eigenvalue weighted by molar-refractivity contribution is -0.146. The number of carbonyl (C=O) groups is 1. The Bertz CT molecular complexity index is 709. The molecule has 0 radical (unpaired) electrons. The van der Waals surface area contributed by atoms with Gasteiger partial charge in [0, 0.05) is 6.54 Å². The number of morpholine rings is 1. The Balaban J connectivity index is 1.61. The summed E-state index contributed by atoms with van der Waals surface area (Å²) >= 11 is 0. The maximum atomic E-state index is 12.6. The van der Waals surface area contributed by atoms with Crippen molar-refractivity contribution in [3.05, 3.63) is 65.2 Å². The van der Waals surface area contributed by atoms with Crippen LogP contribution in [-0.2, 0) is 9.53 Å². The summed E-state index contributed by atoms with van der Waals surface area (Å²) < 4.78 is 11.7. The Kier molecular flexibility index (Phi) is 5.39. The minimum absolute atomic E-state index is 0.00313. The van der Waals surface area contributed by atoms with Crippen LogP contribution in [0.3, 0.4) is 0 Å². The van der Waals surface area contributed by atoms with E-state index in [-0.39, 0.29) is 24.7 Å². The summed E-state index contributed by atoms with van der Waals surface area (Å²) in [5.74, 6) is 0.711. The Morgan fingerprint density at radius 1 is 1.04 bits per heavy atom. The molecule has 1 amide bonds. The molecule has 4 heteroatoms. The van der Waals surface area contributed by atoms with E-state index >= 15 is 0 Å². The molecular weight excluding hydrogens is 314 g/mol. The second kappa shape index (κ2) is 7.70. The molecule has 2 aromatic carbocycles. The largest absolute Gasteiger partial charge is 0.484 e. The molecule has 1 saturated heterocycles. The van der Waals surface area contributed by atoms with Gasteiger partial charge < -0.3 is 14.4 Å². The van der Waals surface area contributed by atoms with Crippen molar-refractivity contribution in [2.45, 2.75) is 33.0 Å². The quantitative estimate of drug-likeness (QED) is 0.853. The van der Waals surface area contributed by atoms with Gasteiger partial charge in [0.15, 0.2) is 6.61 Å². The molecule has 2 aromatic rings. The number of amides is 1. The molecule has 0 aromatic heterocycles. The second-order valence-electron chi connectivity index (χ2n) is 6.75. The van der Waals surface area contributed by atoms with Gasteiger partial charge in [0.2, 0.25) is 0 Å². The maximum Gasteiger partial charge on any atom is 0.260 e. The standard InChI is InChI=1S/C21H25NO3/c1-15-4-8-18(9-5-15)20-13-22(12-17(3)25-20)21(23)14-24-19-10-6-16(2)7-11-19/h4-11,17,20H,12-14H2,1-3H3. The van der Waals surface area contributed by atoms with Crippen molar-refractivity contribution in [2.24, 2.45) is 0 Å². The van der Waals surface area contributed by atoms with E-state index in [0.29, 0.717) is 13.1 Å². The summed E-state index contributed by atoms with van der Waals surface area (Å²) in [6.45, 7) is 7.29. The monoisotopic (exact) mass is 339 g/mol. The van der Waals surface area contributed by atoms with Crippen molar-refractivity contribution >= 4 is 5.91 Å². The van der Waals surface area contributed by atoms with E-state index in [1.54, 1.807) is 0 Å². The van der Waals surface area contributed by atoms with Crippen LogP contribution in [0.5, 0.6) is 5.75 Å². The van der Waals surface area contributed by atoms with Crippen molar-refractivity contribution in [1.29, 1.82) is 0 Å². The van der Waals surface area contributed by atoms with Crippen LogP contribution >= 0.6 is 0 Å². The van der Waals surface area contributed by atoms with E-state index in [1.807, 2.05) is 43.0 Å². The summed E-state index contributed by atoms with van der Waals surface area (Å²) in [6.07, 6.45) is -0.0870.